The SMILES string of the molecule is CSc1ncc(CN2CCC3(CCCN(Cc4ccc(F)cc4)C3)C2)cn1. The van der Waals surface area contributed by atoms with Gasteiger partial charge in [0, 0.05) is 44.1 Å². The van der Waals surface area contributed by atoms with Crippen LogP contribution in [0.3, 0.4) is 0 Å². The van der Waals surface area contributed by atoms with Crippen molar-refractivity contribution in [3.63, 3.8) is 0 Å². The molecule has 1 atom stereocenters. The topological polar surface area (TPSA) is 32.3 Å². The summed E-state index contributed by atoms with van der Waals surface area (Å²) < 4.78 is 13.1. The van der Waals surface area contributed by atoms with Crippen molar-refractivity contribution >= 4 is 11.8 Å². The average molecular weight is 387 g/mol. The van der Waals surface area contributed by atoms with E-state index in [1.165, 1.54) is 30.4 Å². The highest BCUT2D eigenvalue weighted by atomic mass is 32.2. The maximum absolute atomic E-state index is 13.1. The summed E-state index contributed by atoms with van der Waals surface area (Å²) in [5.41, 5.74) is 2.80. The fraction of sp³-hybridized carbons (Fsp3) is 0.524. The number of halogens is 1. The van der Waals surface area contributed by atoms with E-state index in [2.05, 4.69) is 19.8 Å². The van der Waals surface area contributed by atoms with Gasteiger partial charge in [-0.05, 0) is 61.7 Å². The van der Waals surface area contributed by atoms with Crippen LogP contribution >= 0.6 is 11.8 Å². The first-order valence-corrected chi connectivity index (χ1v) is 10.9. The minimum Gasteiger partial charge on any atom is -0.298 e. The summed E-state index contributed by atoms with van der Waals surface area (Å²) in [6.45, 7) is 6.44. The van der Waals surface area contributed by atoms with Crippen molar-refractivity contribution in [1.82, 2.24) is 19.8 Å². The van der Waals surface area contributed by atoms with Gasteiger partial charge in [0.15, 0.2) is 5.16 Å². The summed E-state index contributed by atoms with van der Waals surface area (Å²) in [4.78, 5) is 13.9. The molecule has 0 bridgehead atoms. The number of thioether (sulfide) groups is 1. The van der Waals surface area contributed by atoms with Crippen LogP contribution in [0.25, 0.3) is 0 Å². The lowest BCUT2D eigenvalue weighted by Crippen LogP contribution is -2.44. The van der Waals surface area contributed by atoms with Crippen LogP contribution < -0.4 is 0 Å². The number of hydrogen-bond donors (Lipinski definition) is 0. The van der Waals surface area contributed by atoms with Crippen molar-refractivity contribution in [2.45, 2.75) is 37.5 Å². The molecule has 1 spiro atoms. The summed E-state index contributed by atoms with van der Waals surface area (Å²) in [5.74, 6) is -0.158. The van der Waals surface area contributed by atoms with E-state index in [0.717, 1.165) is 44.4 Å². The first-order valence-electron chi connectivity index (χ1n) is 9.68. The number of likely N-dealkylation sites (tertiary alicyclic amines) is 2. The van der Waals surface area contributed by atoms with E-state index >= 15 is 0 Å². The highest BCUT2D eigenvalue weighted by Crippen LogP contribution is 2.39. The van der Waals surface area contributed by atoms with Crippen molar-refractivity contribution in [2.24, 2.45) is 5.41 Å². The third-order valence-corrected chi connectivity index (χ3v) is 6.42. The summed E-state index contributed by atoms with van der Waals surface area (Å²) in [5, 5.41) is 0.834. The van der Waals surface area contributed by atoms with Crippen molar-refractivity contribution < 1.29 is 4.39 Å². The molecule has 1 aromatic heterocycles. The second kappa shape index (κ2) is 8.25. The third kappa shape index (κ3) is 4.68. The zero-order valence-electron chi connectivity index (χ0n) is 15.9. The molecule has 0 radical (unpaired) electrons. The number of rotatable bonds is 5. The number of hydrogen-bond acceptors (Lipinski definition) is 5. The van der Waals surface area contributed by atoms with Crippen molar-refractivity contribution in [3.8, 4) is 0 Å². The molecule has 0 amide bonds. The molecular weight excluding hydrogens is 359 g/mol. The molecular formula is C21H27FN4S. The van der Waals surface area contributed by atoms with E-state index in [1.54, 1.807) is 23.9 Å². The highest BCUT2D eigenvalue weighted by molar-refractivity contribution is 7.98. The Balaban J connectivity index is 1.35. The second-order valence-electron chi connectivity index (χ2n) is 7.98. The first kappa shape index (κ1) is 18.8. The molecule has 144 valence electrons. The zero-order chi connectivity index (χ0) is 18.7. The molecule has 0 aliphatic carbocycles. The van der Waals surface area contributed by atoms with Crippen LogP contribution in [-0.2, 0) is 13.1 Å². The maximum atomic E-state index is 13.1. The number of aromatic nitrogens is 2. The number of nitrogens with zero attached hydrogens (tertiary/aromatic N) is 4. The first-order chi connectivity index (χ1) is 13.1. The average Bonchev–Trinajstić information content (AvgIpc) is 3.06. The molecule has 1 aromatic carbocycles. The molecule has 4 nitrogen and oxygen atoms in total. The van der Waals surface area contributed by atoms with E-state index in [4.69, 9.17) is 0 Å². The van der Waals surface area contributed by atoms with Crippen LogP contribution in [0.15, 0.2) is 41.8 Å². The predicted octanol–water partition coefficient (Wildman–Crippen LogP) is 3.83. The number of piperidine rings is 1. The highest BCUT2D eigenvalue weighted by Gasteiger charge is 2.41. The molecule has 0 N–H and O–H groups in total. The van der Waals surface area contributed by atoms with Gasteiger partial charge in [-0.1, -0.05) is 23.9 Å². The molecule has 2 aliphatic rings. The monoisotopic (exact) mass is 386 g/mol. The van der Waals surface area contributed by atoms with Crippen LogP contribution in [0.2, 0.25) is 0 Å². The molecule has 27 heavy (non-hydrogen) atoms. The Bertz CT molecular complexity index is 752. The molecule has 3 heterocycles. The van der Waals surface area contributed by atoms with Gasteiger partial charge in [0.2, 0.25) is 0 Å². The minimum absolute atomic E-state index is 0.158. The summed E-state index contributed by atoms with van der Waals surface area (Å²) in [7, 11) is 0. The third-order valence-electron chi connectivity index (χ3n) is 5.85. The van der Waals surface area contributed by atoms with E-state index in [9.17, 15) is 4.39 Å². The van der Waals surface area contributed by atoms with Gasteiger partial charge in [0.05, 0.1) is 0 Å². The van der Waals surface area contributed by atoms with Gasteiger partial charge in [-0.3, -0.25) is 9.80 Å². The molecule has 2 fully saturated rings. The zero-order valence-corrected chi connectivity index (χ0v) is 16.7. The smallest absolute Gasteiger partial charge is 0.187 e. The Morgan fingerprint density at radius 2 is 1.63 bits per heavy atom. The van der Waals surface area contributed by atoms with Gasteiger partial charge in [-0.25, -0.2) is 14.4 Å². The Kier molecular flexibility index (Phi) is 5.76. The molecule has 0 saturated carbocycles. The second-order valence-corrected chi connectivity index (χ2v) is 8.75. The van der Waals surface area contributed by atoms with Gasteiger partial charge in [-0.2, -0.15) is 0 Å². The predicted molar refractivity (Wildman–Crippen MR) is 107 cm³/mol. The fourth-order valence-corrected chi connectivity index (χ4v) is 4.89. The largest absolute Gasteiger partial charge is 0.298 e. The van der Waals surface area contributed by atoms with Gasteiger partial charge in [-0.15, -0.1) is 0 Å². The van der Waals surface area contributed by atoms with Crippen LogP contribution in [0.5, 0.6) is 0 Å². The number of benzene rings is 1. The fourth-order valence-electron chi connectivity index (χ4n) is 4.58. The van der Waals surface area contributed by atoms with Crippen LogP contribution in [0.1, 0.15) is 30.4 Å². The lowest BCUT2D eigenvalue weighted by atomic mass is 9.79. The van der Waals surface area contributed by atoms with Crippen molar-refractivity contribution in [1.29, 1.82) is 0 Å². The molecule has 2 aromatic rings. The van der Waals surface area contributed by atoms with Gasteiger partial charge >= 0.3 is 0 Å². The Labute approximate surface area is 165 Å². The van der Waals surface area contributed by atoms with Crippen LogP contribution in [0.4, 0.5) is 4.39 Å². The standard InChI is InChI=1S/C21H27FN4S/c1-27-20-23-11-18(12-24-20)14-26-10-8-21(16-26)7-2-9-25(15-21)13-17-3-5-19(22)6-4-17/h3-6,11-12H,2,7-10,13-16H2,1H3. The lowest BCUT2D eigenvalue weighted by Gasteiger charge is -2.40. The summed E-state index contributed by atoms with van der Waals surface area (Å²) in [6, 6.07) is 6.96. The summed E-state index contributed by atoms with van der Waals surface area (Å²) >= 11 is 1.58. The van der Waals surface area contributed by atoms with Gasteiger partial charge < -0.3 is 0 Å². The molecule has 2 saturated heterocycles. The molecule has 2 aliphatic heterocycles. The Morgan fingerprint density at radius 3 is 2.33 bits per heavy atom. The van der Waals surface area contributed by atoms with E-state index in [0.29, 0.717) is 5.41 Å². The Morgan fingerprint density at radius 1 is 0.963 bits per heavy atom. The lowest BCUT2D eigenvalue weighted by molar-refractivity contribution is 0.0866. The summed E-state index contributed by atoms with van der Waals surface area (Å²) in [6.07, 6.45) is 9.75. The van der Waals surface area contributed by atoms with Crippen LogP contribution in [0, 0.1) is 11.2 Å². The Hall–Kier alpha value is -1.50. The quantitative estimate of drug-likeness (QED) is 0.576. The molecule has 4 rings (SSSR count). The van der Waals surface area contributed by atoms with Crippen molar-refractivity contribution in [3.05, 3.63) is 53.6 Å². The van der Waals surface area contributed by atoms with E-state index < -0.39 is 0 Å². The minimum atomic E-state index is -0.158. The molecule has 1 unspecified atom stereocenters. The van der Waals surface area contributed by atoms with Gasteiger partial charge in [0.25, 0.3) is 0 Å². The maximum Gasteiger partial charge on any atom is 0.187 e. The van der Waals surface area contributed by atoms with Crippen molar-refractivity contribution in [2.75, 3.05) is 32.4 Å². The normalized spacial score (nSPS) is 23.9. The molecule has 6 heteroatoms. The van der Waals surface area contributed by atoms with E-state index in [1.807, 2.05) is 30.8 Å². The van der Waals surface area contributed by atoms with Crippen LogP contribution in [-0.4, -0.2) is 52.2 Å². The van der Waals surface area contributed by atoms with Gasteiger partial charge in [0.1, 0.15) is 5.82 Å². The van der Waals surface area contributed by atoms with E-state index in [-0.39, 0.29) is 5.82 Å².